The quantitative estimate of drug-likeness (QED) is 0.747. The van der Waals surface area contributed by atoms with Gasteiger partial charge in [0.05, 0.1) is 24.3 Å². The van der Waals surface area contributed by atoms with Gasteiger partial charge in [0, 0.05) is 18.4 Å². The van der Waals surface area contributed by atoms with E-state index in [1.807, 2.05) is 36.8 Å². The number of nitrogens with one attached hydrogen (secondary N) is 1. The third-order valence-electron chi connectivity index (χ3n) is 3.20. The van der Waals surface area contributed by atoms with Gasteiger partial charge in [-0.25, -0.2) is 9.67 Å². The maximum atomic E-state index is 4.20. The van der Waals surface area contributed by atoms with E-state index < -0.39 is 0 Å². The number of benzene rings is 1. The first kappa shape index (κ1) is 13.3. The molecule has 0 aliphatic rings. The number of tetrazole rings is 1. The number of imidazole rings is 1. The van der Waals surface area contributed by atoms with Gasteiger partial charge in [0.2, 0.25) is 0 Å². The molecule has 108 valence electrons. The second-order valence-electron chi connectivity index (χ2n) is 4.74. The fourth-order valence-corrected chi connectivity index (χ4v) is 2.17. The zero-order valence-corrected chi connectivity index (χ0v) is 11.8. The summed E-state index contributed by atoms with van der Waals surface area (Å²) in [4.78, 5) is 4.20. The van der Waals surface area contributed by atoms with Gasteiger partial charge in [-0.2, -0.15) is 0 Å². The fraction of sp³-hybridized carbons (Fsp3) is 0.286. The lowest BCUT2D eigenvalue weighted by Gasteiger charge is -2.10. The Morgan fingerprint density at radius 2 is 2.19 bits per heavy atom. The van der Waals surface area contributed by atoms with Crippen molar-refractivity contribution in [2.75, 3.05) is 5.32 Å². The molecule has 0 aliphatic heterocycles. The third kappa shape index (κ3) is 3.07. The van der Waals surface area contributed by atoms with E-state index in [4.69, 9.17) is 0 Å². The zero-order valence-electron chi connectivity index (χ0n) is 11.8. The number of aromatic nitrogens is 6. The summed E-state index contributed by atoms with van der Waals surface area (Å²) < 4.78 is 3.80. The number of aryl methyl sites for hydroxylation is 1. The molecule has 0 spiro atoms. The summed E-state index contributed by atoms with van der Waals surface area (Å²) in [7, 11) is 0. The predicted octanol–water partition coefficient (Wildman–Crippen LogP) is 1.88. The maximum absolute atomic E-state index is 4.20. The van der Waals surface area contributed by atoms with Gasteiger partial charge in [0.1, 0.15) is 6.33 Å². The lowest BCUT2D eigenvalue weighted by molar-refractivity contribution is 0.651. The van der Waals surface area contributed by atoms with Crippen LogP contribution in [0.4, 0.5) is 5.69 Å². The molecule has 0 amide bonds. The Kier molecular flexibility index (Phi) is 3.90. The van der Waals surface area contributed by atoms with Crippen LogP contribution in [0.25, 0.3) is 5.69 Å². The molecule has 7 heteroatoms. The molecule has 0 radical (unpaired) electrons. The molecular formula is C14H17N7. The number of anilines is 1. The molecule has 0 aliphatic carbocycles. The van der Waals surface area contributed by atoms with Crippen LogP contribution in [0.15, 0.2) is 43.1 Å². The van der Waals surface area contributed by atoms with Crippen LogP contribution in [0.3, 0.4) is 0 Å². The molecule has 1 aromatic carbocycles. The lowest BCUT2D eigenvalue weighted by Crippen LogP contribution is -2.07. The van der Waals surface area contributed by atoms with E-state index in [-0.39, 0.29) is 0 Å². The van der Waals surface area contributed by atoms with E-state index in [1.165, 1.54) is 5.69 Å². The fourth-order valence-electron chi connectivity index (χ4n) is 2.17. The summed E-state index contributed by atoms with van der Waals surface area (Å²) in [6.45, 7) is 3.88. The number of rotatable bonds is 6. The highest BCUT2D eigenvalue weighted by molar-refractivity contribution is 5.50. The van der Waals surface area contributed by atoms with E-state index in [0.717, 1.165) is 30.9 Å². The van der Waals surface area contributed by atoms with Crippen LogP contribution in [0, 0.1) is 0 Å². The minimum Gasteiger partial charge on any atom is -0.379 e. The first-order chi connectivity index (χ1) is 10.4. The summed E-state index contributed by atoms with van der Waals surface area (Å²) in [5.41, 5.74) is 3.11. The van der Waals surface area contributed by atoms with Crippen molar-refractivity contribution in [2.45, 2.75) is 26.4 Å². The van der Waals surface area contributed by atoms with Crippen molar-refractivity contribution in [1.82, 2.24) is 29.8 Å². The van der Waals surface area contributed by atoms with E-state index in [2.05, 4.69) is 37.3 Å². The van der Waals surface area contributed by atoms with Crippen molar-refractivity contribution in [3.63, 3.8) is 0 Å². The number of nitrogens with zero attached hydrogens (tertiary/aromatic N) is 6. The number of hydrogen-bond donors (Lipinski definition) is 1. The van der Waals surface area contributed by atoms with Crippen molar-refractivity contribution in [2.24, 2.45) is 0 Å². The topological polar surface area (TPSA) is 73.5 Å². The van der Waals surface area contributed by atoms with Crippen molar-refractivity contribution >= 4 is 5.69 Å². The highest BCUT2D eigenvalue weighted by Gasteiger charge is 2.03. The average molecular weight is 283 g/mol. The van der Waals surface area contributed by atoms with Gasteiger partial charge in [-0.05, 0) is 35.0 Å². The standard InChI is InChI=1S/C14H17N7/c1-2-6-20-10-15-8-14(20)9-16-12-4-3-5-13(7-12)21-11-17-18-19-21/h3-5,7-8,10-11,16H,2,6,9H2,1H3. The molecule has 0 unspecified atom stereocenters. The molecular weight excluding hydrogens is 266 g/mol. The summed E-state index contributed by atoms with van der Waals surface area (Å²) in [5.74, 6) is 0. The van der Waals surface area contributed by atoms with Crippen LogP contribution in [0.5, 0.6) is 0 Å². The molecule has 2 heterocycles. The molecule has 1 N–H and O–H groups in total. The van der Waals surface area contributed by atoms with Crippen LogP contribution in [0.2, 0.25) is 0 Å². The molecule has 0 bridgehead atoms. The third-order valence-corrected chi connectivity index (χ3v) is 3.20. The lowest BCUT2D eigenvalue weighted by atomic mass is 10.2. The Morgan fingerprint density at radius 3 is 3.00 bits per heavy atom. The molecule has 3 aromatic rings. The first-order valence-electron chi connectivity index (χ1n) is 6.93. The summed E-state index contributed by atoms with van der Waals surface area (Å²) in [5, 5.41) is 14.6. The van der Waals surface area contributed by atoms with Crippen molar-refractivity contribution < 1.29 is 0 Å². The second-order valence-corrected chi connectivity index (χ2v) is 4.74. The Hall–Kier alpha value is -2.70. The molecule has 0 saturated heterocycles. The van der Waals surface area contributed by atoms with Gasteiger partial charge in [0.15, 0.2) is 0 Å². The monoisotopic (exact) mass is 283 g/mol. The van der Waals surface area contributed by atoms with Gasteiger partial charge in [-0.3, -0.25) is 0 Å². The van der Waals surface area contributed by atoms with Crippen LogP contribution >= 0.6 is 0 Å². The van der Waals surface area contributed by atoms with Gasteiger partial charge in [-0.1, -0.05) is 13.0 Å². The Bertz CT molecular complexity index is 687. The highest BCUT2D eigenvalue weighted by atomic mass is 15.5. The van der Waals surface area contributed by atoms with E-state index in [1.54, 1.807) is 11.0 Å². The maximum Gasteiger partial charge on any atom is 0.143 e. The highest BCUT2D eigenvalue weighted by Crippen LogP contribution is 2.14. The van der Waals surface area contributed by atoms with Crippen LogP contribution in [-0.2, 0) is 13.1 Å². The van der Waals surface area contributed by atoms with E-state index in [0.29, 0.717) is 0 Å². The van der Waals surface area contributed by atoms with Gasteiger partial charge in [0.25, 0.3) is 0 Å². The molecule has 0 atom stereocenters. The predicted molar refractivity (Wildman–Crippen MR) is 79.0 cm³/mol. The van der Waals surface area contributed by atoms with Crippen LogP contribution < -0.4 is 5.32 Å². The second kappa shape index (κ2) is 6.17. The SMILES string of the molecule is CCCn1cncc1CNc1cccc(-n2cnnn2)c1. The van der Waals surface area contributed by atoms with Gasteiger partial charge in [-0.15, -0.1) is 5.10 Å². The molecule has 21 heavy (non-hydrogen) atoms. The Labute approximate surface area is 122 Å². The molecule has 0 saturated carbocycles. The Morgan fingerprint density at radius 1 is 1.24 bits per heavy atom. The normalized spacial score (nSPS) is 10.7. The van der Waals surface area contributed by atoms with Crippen molar-refractivity contribution in [3.05, 3.63) is 48.8 Å². The molecule has 0 fully saturated rings. The number of hydrogen-bond acceptors (Lipinski definition) is 5. The minimum absolute atomic E-state index is 0.735. The first-order valence-corrected chi connectivity index (χ1v) is 6.93. The summed E-state index contributed by atoms with van der Waals surface area (Å²) >= 11 is 0. The van der Waals surface area contributed by atoms with Crippen LogP contribution in [-0.4, -0.2) is 29.8 Å². The Balaban J connectivity index is 1.71. The van der Waals surface area contributed by atoms with Gasteiger partial charge < -0.3 is 9.88 Å². The molecule has 2 aromatic heterocycles. The molecule has 7 nitrogen and oxygen atoms in total. The smallest absolute Gasteiger partial charge is 0.143 e. The largest absolute Gasteiger partial charge is 0.379 e. The van der Waals surface area contributed by atoms with E-state index >= 15 is 0 Å². The molecule has 3 rings (SSSR count). The van der Waals surface area contributed by atoms with Crippen molar-refractivity contribution in [1.29, 1.82) is 0 Å². The summed E-state index contributed by atoms with van der Waals surface area (Å²) in [6.07, 6.45) is 6.44. The van der Waals surface area contributed by atoms with E-state index in [9.17, 15) is 0 Å². The van der Waals surface area contributed by atoms with Gasteiger partial charge >= 0.3 is 0 Å². The minimum atomic E-state index is 0.735. The summed E-state index contributed by atoms with van der Waals surface area (Å²) in [6, 6.07) is 7.97. The van der Waals surface area contributed by atoms with Crippen molar-refractivity contribution in [3.8, 4) is 5.69 Å². The van der Waals surface area contributed by atoms with Crippen LogP contribution in [0.1, 0.15) is 19.0 Å². The average Bonchev–Trinajstić information content (AvgIpc) is 3.18. The zero-order chi connectivity index (χ0) is 14.5.